The Labute approximate surface area is 67.8 Å². The van der Waals surface area contributed by atoms with Crippen LogP contribution in [0.4, 0.5) is 0 Å². The fourth-order valence-electron chi connectivity index (χ4n) is 0.0340. The van der Waals surface area contributed by atoms with Gasteiger partial charge >= 0.3 is 37.7 Å². The van der Waals surface area contributed by atoms with Gasteiger partial charge in [-0.1, -0.05) is 0 Å². The molecule has 0 aromatic carbocycles. The molecule has 3 nitrogen and oxygen atoms in total. The minimum absolute atomic E-state index is 0. The number of hydrogen-bond donors (Lipinski definition) is 0. The van der Waals surface area contributed by atoms with Crippen LogP contribution >= 0.6 is 0 Å². The molecule has 0 aromatic rings. The molecule has 0 saturated heterocycles. The van der Waals surface area contributed by atoms with E-state index >= 15 is 0 Å². The largest absolute Gasteiger partial charge is 1.00 e. The first kappa shape index (κ1) is 15.7. The summed E-state index contributed by atoms with van der Waals surface area (Å²) in [6.07, 6.45) is 0. The monoisotopic (exact) mass is 86.1 g/mol. The third-order valence-corrected chi connectivity index (χ3v) is 0.167. The molecule has 0 radical (unpaired) electrons. The van der Waals surface area contributed by atoms with Crippen molar-refractivity contribution in [2.75, 3.05) is 0 Å². The van der Waals surface area contributed by atoms with E-state index < -0.39 is 15.4 Å². The van der Waals surface area contributed by atoms with Gasteiger partial charge in [-0.05, 0) is 0 Å². The Kier molecular flexibility index (Phi) is 35.2. The predicted molar refractivity (Wildman–Crippen MR) is 15.4 cm³/mol. The van der Waals surface area contributed by atoms with Crippen molar-refractivity contribution in [3.63, 3.8) is 0 Å². The van der Waals surface area contributed by atoms with Gasteiger partial charge in [0.2, 0.25) is 0 Å². The fraction of sp³-hybridized carbons (Fsp3) is 0. The Morgan fingerprint density at radius 2 is 1.29 bits per heavy atom. The Balaban J connectivity index is -0.0000000800. The molecule has 0 unspecified atom stereocenters. The maximum absolute atomic E-state index is 9.11. The third-order valence-electron chi connectivity index (χ3n) is 0.167. The van der Waals surface area contributed by atoms with E-state index in [4.69, 9.17) is 10.0 Å². The average Bonchev–Trinajstić information content (AvgIpc) is 1.41. The average molecular weight is 85.5 g/mol. The van der Waals surface area contributed by atoms with E-state index in [2.05, 4.69) is 4.57 Å². The van der Waals surface area contributed by atoms with Crippen LogP contribution in [-0.2, 0) is 4.57 Å². The van der Waals surface area contributed by atoms with Crippen molar-refractivity contribution in [1.29, 1.82) is 0 Å². The van der Waals surface area contributed by atoms with Crippen LogP contribution in [0.3, 0.4) is 0 Å². The van der Waals surface area contributed by atoms with Gasteiger partial charge in [0.1, 0.15) is 15.4 Å². The first-order valence-electron chi connectivity index (χ1n) is 1.15. The molecule has 7 heteroatoms. The van der Waals surface area contributed by atoms with Crippen LogP contribution in [0.25, 0.3) is 0 Å². The smallest absolute Gasteiger partial charge is 0.861 e. The molecular formula is H2B2Li2O3. The maximum atomic E-state index is 9.11. The molecular weight excluding hydrogens is 83.5 g/mol. The molecule has 0 aliphatic carbocycles. The van der Waals surface area contributed by atoms with Crippen LogP contribution in [0, 0.1) is 0 Å². The van der Waals surface area contributed by atoms with Crippen molar-refractivity contribution in [3.8, 4) is 0 Å². The van der Waals surface area contributed by atoms with Crippen LogP contribution in [0.5, 0.6) is 0 Å². The van der Waals surface area contributed by atoms with Crippen LogP contribution in [-0.4, -0.2) is 15.4 Å². The molecule has 0 amide bonds. The molecule has 0 aliphatic rings. The second-order valence-electron chi connectivity index (χ2n) is 0.440. The molecule has 0 fully saturated rings. The van der Waals surface area contributed by atoms with Crippen LogP contribution in [0.2, 0.25) is 0 Å². The molecule has 0 bridgehead atoms. The van der Waals surface area contributed by atoms with Crippen LogP contribution < -0.4 is 47.8 Å². The van der Waals surface area contributed by atoms with E-state index in [1.54, 1.807) is 0 Å². The van der Waals surface area contributed by atoms with Crippen molar-refractivity contribution < 1.29 is 52.3 Å². The zero-order chi connectivity index (χ0) is 4.12. The molecule has 0 saturated carbocycles. The summed E-state index contributed by atoms with van der Waals surface area (Å²) < 4.78 is 3.72. The normalized spacial score (nSPS) is 4.86. The van der Waals surface area contributed by atoms with Crippen molar-refractivity contribution in [2.45, 2.75) is 0 Å². The minimum Gasteiger partial charge on any atom is -0.861 e. The van der Waals surface area contributed by atoms with Gasteiger partial charge in [0, 0.05) is 0 Å². The SMILES string of the molecule is [Li+].[Li+].[O-]BOB[O-]. The molecule has 0 aromatic heterocycles. The number of rotatable bonds is 2. The van der Waals surface area contributed by atoms with E-state index in [0.29, 0.717) is 0 Å². The predicted octanol–water partition coefficient (Wildman–Crippen LogP) is -9.74. The van der Waals surface area contributed by atoms with Crippen LogP contribution in [0.15, 0.2) is 0 Å². The van der Waals surface area contributed by atoms with E-state index in [1.165, 1.54) is 0 Å². The molecule has 0 rings (SSSR count). The summed E-state index contributed by atoms with van der Waals surface area (Å²) in [5, 5.41) is 18.2. The van der Waals surface area contributed by atoms with Gasteiger partial charge in [-0.3, -0.25) is 0 Å². The van der Waals surface area contributed by atoms with Gasteiger partial charge in [0.25, 0.3) is 0 Å². The van der Waals surface area contributed by atoms with Gasteiger partial charge < -0.3 is 14.6 Å². The van der Waals surface area contributed by atoms with E-state index in [-0.39, 0.29) is 37.7 Å². The summed E-state index contributed by atoms with van der Waals surface area (Å²) in [6, 6.07) is 0. The maximum Gasteiger partial charge on any atom is 1.00 e. The molecule has 0 heterocycles. The van der Waals surface area contributed by atoms with Gasteiger partial charge in [-0.2, -0.15) is 0 Å². The van der Waals surface area contributed by atoms with E-state index in [1.807, 2.05) is 0 Å². The molecule has 0 aliphatic heterocycles. The van der Waals surface area contributed by atoms with Crippen molar-refractivity contribution >= 4 is 15.4 Å². The first-order chi connectivity index (χ1) is 2.41. The fourth-order valence-corrected chi connectivity index (χ4v) is 0.0340. The van der Waals surface area contributed by atoms with Gasteiger partial charge in [0.05, 0.1) is 0 Å². The molecule has 7 heavy (non-hydrogen) atoms. The topological polar surface area (TPSA) is 55.3 Å². The quantitative estimate of drug-likeness (QED) is 0.313. The standard InChI is InChI=1S/B2H2O3.2Li/c3-1-5-2-4;;/h1-2H;;/q-2;2*+1. The Morgan fingerprint density at radius 1 is 1.00 bits per heavy atom. The molecule has 0 N–H and O–H groups in total. The van der Waals surface area contributed by atoms with Crippen molar-refractivity contribution in [2.24, 2.45) is 0 Å². The van der Waals surface area contributed by atoms with Crippen LogP contribution in [0.1, 0.15) is 0 Å². The zero-order valence-corrected chi connectivity index (χ0v) is 4.64. The Bertz CT molecular complexity index is 18.4. The summed E-state index contributed by atoms with van der Waals surface area (Å²) in [5.41, 5.74) is 0. The summed E-state index contributed by atoms with van der Waals surface area (Å²) in [5.74, 6) is 0. The summed E-state index contributed by atoms with van der Waals surface area (Å²) in [6.45, 7) is 0. The molecule has 0 spiro atoms. The summed E-state index contributed by atoms with van der Waals surface area (Å²) >= 11 is 0. The second-order valence-corrected chi connectivity index (χ2v) is 0.440. The zero-order valence-electron chi connectivity index (χ0n) is 4.64. The van der Waals surface area contributed by atoms with Gasteiger partial charge in [-0.15, -0.1) is 0 Å². The summed E-state index contributed by atoms with van der Waals surface area (Å²) in [4.78, 5) is 0. The van der Waals surface area contributed by atoms with E-state index in [9.17, 15) is 0 Å². The number of hydrogen-bond acceptors (Lipinski definition) is 3. The first-order valence-corrected chi connectivity index (χ1v) is 1.15. The Morgan fingerprint density at radius 3 is 1.29 bits per heavy atom. The van der Waals surface area contributed by atoms with Gasteiger partial charge in [0.15, 0.2) is 0 Å². The van der Waals surface area contributed by atoms with E-state index in [0.717, 1.165) is 0 Å². The molecule has 0 atom stereocenters. The molecule has 28 valence electrons. The van der Waals surface area contributed by atoms with Crippen molar-refractivity contribution in [1.82, 2.24) is 0 Å². The second kappa shape index (κ2) is 15.7. The Hall–Kier alpha value is 1.20. The summed E-state index contributed by atoms with van der Waals surface area (Å²) in [7, 11) is -1.44. The minimum atomic E-state index is -0.719. The third kappa shape index (κ3) is 19.0. The van der Waals surface area contributed by atoms with Crippen molar-refractivity contribution in [3.05, 3.63) is 0 Å². The van der Waals surface area contributed by atoms with Gasteiger partial charge in [-0.25, -0.2) is 0 Å².